The minimum Gasteiger partial charge on any atom is -0.375 e. The maximum Gasteiger partial charge on any atom is 0.0754 e. The van der Waals surface area contributed by atoms with E-state index in [0.29, 0.717) is 12.1 Å². The first kappa shape index (κ1) is 15.7. The van der Waals surface area contributed by atoms with Crippen LogP contribution in [-0.2, 0) is 4.74 Å². The summed E-state index contributed by atoms with van der Waals surface area (Å²) in [6, 6.07) is 1.26. The molecule has 4 heteroatoms. The van der Waals surface area contributed by atoms with Crippen molar-refractivity contribution in [2.45, 2.75) is 75.6 Å². The van der Waals surface area contributed by atoms with Gasteiger partial charge in [-0.25, -0.2) is 0 Å². The molecular formula is C17H33N3O. The van der Waals surface area contributed by atoms with E-state index in [0.717, 1.165) is 25.5 Å². The second-order valence-electron chi connectivity index (χ2n) is 7.39. The molecule has 3 fully saturated rings. The van der Waals surface area contributed by atoms with Crippen LogP contribution >= 0.6 is 0 Å². The first-order valence-corrected chi connectivity index (χ1v) is 9.06. The van der Waals surface area contributed by atoms with Crippen LogP contribution in [-0.4, -0.2) is 55.9 Å². The molecule has 4 nitrogen and oxygen atoms in total. The standard InChI is InChI=1S/C17H33N3O/c1-20-11-5-8-14(20)12-21-15-9-10-19-17(16(15)18)13-6-3-2-4-7-13/h13-17,19H,2-12,18H2,1H3/t14-,15?,16?,17?/m0/s1. The molecule has 0 amide bonds. The van der Waals surface area contributed by atoms with E-state index >= 15 is 0 Å². The van der Waals surface area contributed by atoms with E-state index in [9.17, 15) is 0 Å². The van der Waals surface area contributed by atoms with Crippen molar-refractivity contribution in [2.75, 3.05) is 26.7 Å². The molecule has 0 aromatic heterocycles. The summed E-state index contributed by atoms with van der Waals surface area (Å²) in [6.45, 7) is 3.16. The Morgan fingerprint density at radius 2 is 1.90 bits per heavy atom. The fraction of sp³-hybridized carbons (Fsp3) is 1.00. The molecule has 1 saturated carbocycles. The summed E-state index contributed by atoms with van der Waals surface area (Å²) in [5, 5.41) is 3.69. The predicted octanol–water partition coefficient (Wildman–Crippen LogP) is 1.74. The van der Waals surface area contributed by atoms with Crippen LogP contribution in [0.2, 0.25) is 0 Å². The van der Waals surface area contributed by atoms with E-state index in [1.807, 2.05) is 0 Å². The normalized spacial score (nSPS) is 39.7. The lowest BCUT2D eigenvalue weighted by Crippen LogP contribution is -2.61. The maximum absolute atomic E-state index is 6.57. The van der Waals surface area contributed by atoms with Gasteiger partial charge in [0.25, 0.3) is 0 Å². The minimum atomic E-state index is 0.175. The van der Waals surface area contributed by atoms with Crippen molar-refractivity contribution < 1.29 is 4.74 Å². The third kappa shape index (κ3) is 3.79. The molecule has 3 N–H and O–H groups in total. The molecule has 1 aliphatic carbocycles. The summed E-state index contributed by atoms with van der Waals surface area (Å²) in [5.41, 5.74) is 6.57. The van der Waals surface area contributed by atoms with Crippen molar-refractivity contribution in [1.82, 2.24) is 10.2 Å². The predicted molar refractivity (Wildman–Crippen MR) is 86.4 cm³/mol. The number of likely N-dealkylation sites (N-methyl/N-ethyl adjacent to an activating group) is 1. The zero-order valence-electron chi connectivity index (χ0n) is 13.6. The molecule has 0 aromatic rings. The highest BCUT2D eigenvalue weighted by atomic mass is 16.5. The first-order valence-electron chi connectivity index (χ1n) is 9.06. The number of nitrogens with zero attached hydrogens (tertiary/aromatic N) is 1. The number of likely N-dealkylation sites (tertiary alicyclic amines) is 1. The molecule has 122 valence electrons. The van der Waals surface area contributed by atoms with Gasteiger partial charge in [0.1, 0.15) is 0 Å². The van der Waals surface area contributed by atoms with Crippen molar-refractivity contribution in [2.24, 2.45) is 11.7 Å². The van der Waals surface area contributed by atoms with Crippen molar-refractivity contribution >= 4 is 0 Å². The van der Waals surface area contributed by atoms with Crippen molar-refractivity contribution in [3.05, 3.63) is 0 Å². The molecule has 3 aliphatic rings. The van der Waals surface area contributed by atoms with Crippen molar-refractivity contribution in [1.29, 1.82) is 0 Å². The lowest BCUT2D eigenvalue weighted by atomic mass is 9.78. The Morgan fingerprint density at radius 1 is 1.10 bits per heavy atom. The number of hydrogen-bond acceptors (Lipinski definition) is 4. The van der Waals surface area contributed by atoms with Crippen LogP contribution in [0.25, 0.3) is 0 Å². The Bertz CT molecular complexity index is 319. The van der Waals surface area contributed by atoms with E-state index in [-0.39, 0.29) is 12.1 Å². The molecule has 3 unspecified atom stereocenters. The van der Waals surface area contributed by atoms with Gasteiger partial charge in [-0.15, -0.1) is 0 Å². The molecule has 2 aliphatic heterocycles. The topological polar surface area (TPSA) is 50.5 Å². The number of rotatable bonds is 4. The summed E-state index contributed by atoms with van der Waals surface area (Å²) in [7, 11) is 2.22. The monoisotopic (exact) mass is 295 g/mol. The molecule has 3 rings (SSSR count). The Hall–Kier alpha value is -0.160. The smallest absolute Gasteiger partial charge is 0.0754 e. The molecule has 21 heavy (non-hydrogen) atoms. The van der Waals surface area contributed by atoms with Crippen LogP contribution in [0.3, 0.4) is 0 Å². The number of piperidine rings is 1. The number of hydrogen-bond donors (Lipinski definition) is 2. The zero-order valence-corrected chi connectivity index (χ0v) is 13.6. The average Bonchev–Trinajstić information content (AvgIpc) is 2.92. The maximum atomic E-state index is 6.57. The van der Waals surface area contributed by atoms with Gasteiger partial charge in [0.05, 0.1) is 12.7 Å². The van der Waals surface area contributed by atoms with Gasteiger partial charge in [0.15, 0.2) is 0 Å². The average molecular weight is 295 g/mol. The molecule has 4 atom stereocenters. The Balaban J connectivity index is 1.50. The van der Waals surface area contributed by atoms with Gasteiger partial charge in [-0.05, 0) is 58.2 Å². The molecule has 0 aromatic carbocycles. The van der Waals surface area contributed by atoms with E-state index in [2.05, 4.69) is 17.3 Å². The van der Waals surface area contributed by atoms with Crippen LogP contribution < -0.4 is 11.1 Å². The van der Waals surface area contributed by atoms with E-state index in [1.165, 1.54) is 51.5 Å². The zero-order chi connectivity index (χ0) is 14.7. The summed E-state index contributed by atoms with van der Waals surface area (Å²) in [5.74, 6) is 0.773. The van der Waals surface area contributed by atoms with Gasteiger partial charge < -0.3 is 20.7 Å². The minimum absolute atomic E-state index is 0.175. The third-order valence-corrected chi connectivity index (χ3v) is 5.98. The highest BCUT2D eigenvalue weighted by Crippen LogP contribution is 2.30. The number of nitrogens with one attached hydrogen (secondary N) is 1. The molecular weight excluding hydrogens is 262 g/mol. The first-order chi connectivity index (χ1) is 10.3. The van der Waals surface area contributed by atoms with E-state index in [4.69, 9.17) is 10.5 Å². The van der Waals surface area contributed by atoms with Crippen molar-refractivity contribution in [3.63, 3.8) is 0 Å². The van der Waals surface area contributed by atoms with Gasteiger partial charge in [-0.2, -0.15) is 0 Å². The largest absolute Gasteiger partial charge is 0.375 e. The van der Waals surface area contributed by atoms with Crippen molar-refractivity contribution in [3.8, 4) is 0 Å². The van der Waals surface area contributed by atoms with Gasteiger partial charge >= 0.3 is 0 Å². The second-order valence-corrected chi connectivity index (χ2v) is 7.39. The molecule has 0 spiro atoms. The van der Waals surface area contributed by atoms with Crippen LogP contribution in [0.15, 0.2) is 0 Å². The summed E-state index contributed by atoms with van der Waals surface area (Å²) >= 11 is 0. The lowest BCUT2D eigenvalue weighted by molar-refractivity contribution is -0.0217. The summed E-state index contributed by atoms with van der Waals surface area (Å²) in [6.07, 6.45) is 10.8. The van der Waals surface area contributed by atoms with Gasteiger partial charge in [0.2, 0.25) is 0 Å². The van der Waals surface area contributed by atoms with E-state index in [1.54, 1.807) is 0 Å². The van der Waals surface area contributed by atoms with Gasteiger partial charge in [-0.3, -0.25) is 0 Å². The quantitative estimate of drug-likeness (QED) is 0.829. The Kier molecular flexibility index (Phi) is 5.54. The molecule has 2 saturated heterocycles. The number of nitrogens with two attached hydrogens (primary N) is 1. The van der Waals surface area contributed by atoms with Crippen LogP contribution in [0.5, 0.6) is 0 Å². The molecule has 0 radical (unpaired) electrons. The molecule has 0 bridgehead atoms. The third-order valence-electron chi connectivity index (χ3n) is 5.98. The summed E-state index contributed by atoms with van der Waals surface area (Å²) < 4.78 is 6.26. The summed E-state index contributed by atoms with van der Waals surface area (Å²) in [4.78, 5) is 2.44. The van der Waals surface area contributed by atoms with E-state index < -0.39 is 0 Å². The molecule has 2 heterocycles. The SMILES string of the molecule is CN1CCC[C@H]1COC1CCNC(C2CCCCC2)C1N. The highest BCUT2D eigenvalue weighted by Gasteiger charge is 2.36. The van der Waals surface area contributed by atoms with Crippen LogP contribution in [0, 0.1) is 5.92 Å². The Morgan fingerprint density at radius 3 is 2.62 bits per heavy atom. The van der Waals surface area contributed by atoms with Crippen LogP contribution in [0.1, 0.15) is 51.4 Å². The fourth-order valence-electron chi connectivity index (χ4n) is 4.55. The second kappa shape index (κ2) is 7.40. The van der Waals surface area contributed by atoms with Crippen LogP contribution in [0.4, 0.5) is 0 Å². The Labute approximate surface area is 129 Å². The fourth-order valence-corrected chi connectivity index (χ4v) is 4.55. The lowest BCUT2D eigenvalue weighted by Gasteiger charge is -2.42. The van der Waals surface area contributed by atoms with Gasteiger partial charge in [0, 0.05) is 18.1 Å². The van der Waals surface area contributed by atoms with Gasteiger partial charge in [-0.1, -0.05) is 19.3 Å². The number of ether oxygens (including phenoxy) is 1. The highest BCUT2D eigenvalue weighted by molar-refractivity contribution is 4.96.